The van der Waals surface area contributed by atoms with E-state index in [1.807, 2.05) is 12.1 Å². The third-order valence-electron chi connectivity index (χ3n) is 8.02. The number of nitrogens with one attached hydrogen (secondary N) is 2. The maximum atomic E-state index is 12.1. The van der Waals surface area contributed by atoms with Crippen molar-refractivity contribution in [3.05, 3.63) is 74.6 Å². The van der Waals surface area contributed by atoms with Gasteiger partial charge in [0, 0.05) is 24.0 Å². The van der Waals surface area contributed by atoms with Gasteiger partial charge in [0.15, 0.2) is 0 Å². The summed E-state index contributed by atoms with van der Waals surface area (Å²) < 4.78 is 6.14. The highest BCUT2D eigenvalue weighted by atomic mass is 16.5. The number of hydrogen-bond donors (Lipinski definition) is 3. The van der Waals surface area contributed by atoms with E-state index in [0.29, 0.717) is 36.4 Å². The van der Waals surface area contributed by atoms with Crippen molar-refractivity contribution in [3.8, 4) is 5.75 Å². The second kappa shape index (κ2) is 10.5. The lowest BCUT2D eigenvalue weighted by molar-refractivity contribution is 0.171. The van der Waals surface area contributed by atoms with Crippen molar-refractivity contribution in [2.75, 3.05) is 13.2 Å². The molecule has 0 aliphatic heterocycles. The van der Waals surface area contributed by atoms with Gasteiger partial charge in [-0.2, -0.15) is 0 Å². The fourth-order valence-corrected chi connectivity index (χ4v) is 6.01. The molecule has 35 heavy (non-hydrogen) atoms. The van der Waals surface area contributed by atoms with Gasteiger partial charge in [0.05, 0.1) is 18.2 Å². The summed E-state index contributed by atoms with van der Waals surface area (Å²) >= 11 is 0. The Kier molecular flexibility index (Phi) is 7.26. The molecule has 1 fully saturated rings. The van der Waals surface area contributed by atoms with E-state index in [1.54, 1.807) is 6.07 Å². The van der Waals surface area contributed by atoms with E-state index in [0.717, 1.165) is 36.6 Å². The summed E-state index contributed by atoms with van der Waals surface area (Å²) in [5.41, 5.74) is 7.14. The summed E-state index contributed by atoms with van der Waals surface area (Å²) in [5.74, 6) is 1.28. The molecule has 0 spiro atoms. The van der Waals surface area contributed by atoms with Gasteiger partial charge >= 0.3 is 0 Å². The molecule has 5 nitrogen and oxygen atoms in total. The van der Waals surface area contributed by atoms with Crippen molar-refractivity contribution < 1.29 is 9.84 Å². The van der Waals surface area contributed by atoms with E-state index in [2.05, 4.69) is 36.3 Å². The molecular formula is C30H38N2O3. The minimum Gasteiger partial charge on any atom is -0.491 e. The summed E-state index contributed by atoms with van der Waals surface area (Å²) in [5, 5.41) is 15.6. The van der Waals surface area contributed by atoms with Gasteiger partial charge in [-0.05, 0) is 84.4 Å². The van der Waals surface area contributed by atoms with Crippen LogP contribution >= 0.6 is 0 Å². The predicted molar refractivity (Wildman–Crippen MR) is 141 cm³/mol. The Morgan fingerprint density at radius 3 is 2.37 bits per heavy atom. The maximum absolute atomic E-state index is 12.1. The molecule has 0 amide bonds. The number of aromatic nitrogens is 1. The first-order valence-electron chi connectivity index (χ1n) is 13.4. The third-order valence-corrected chi connectivity index (χ3v) is 8.02. The van der Waals surface area contributed by atoms with Crippen molar-refractivity contribution in [3.63, 3.8) is 0 Å². The Morgan fingerprint density at radius 1 is 1.03 bits per heavy atom. The van der Waals surface area contributed by atoms with Crippen molar-refractivity contribution in [1.29, 1.82) is 0 Å². The molecule has 2 aliphatic carbocycles. The fraction of sp³-hybridized carbons (Fsp3) is 0.500. The molecule has 1 heterocycles. The number of pyridine rings is 1. The quantitative estimate of drug-likeness (QED) is 0.407. The topological polar surface area (TPSA) is 74.3 Å². The van der Waals surface area contributed by atoms with Gasteiger partial charge < -0.3 is 20.1 Å². The highest BCUT2D eigenvalue weighted by molar-refractivity contribution is 5.87. The number of fused-ring (bicyclic) bond motifs is 2. The van der Waals surface area contributed by atoms with Crippen molar-refractivity contribution >= 4 is 10.9 Å². The number of aliphatic hydroxyl groups is 1. The second-order valence-corrected chi connectivity index (χ2v) is 10.4. The number of H-pyrrole nitrogens is 1. The molecule has 0 saturated heterocycles. The first-order valence-corrected chi connectivity index (χ1v) is 13.4. The van der Waals surface area contributed by atoms with Crippen LogP contribution in [0.2, 0.25) is 0 Å². The monoisotopic (exact) mass is 474 g/mol. The van der Waals surface area contributed by atoms with Gasteiger partial charge in [-0.15, -0.1) is 0 Å². The second-order valence-electron chi connectivity index (χ2n) is 10.4. The minimum atomic E-state index is -0.673. The molecule has 0 unspecified atom stereocenters. The third kappa shape index (κ3) is 5.17. The van der Waals surface area contributed by atoms with E-state index >= 15 is 0 Å². The molecule has 186 valence electrons. The van der Waals surface area contributed by atoms with E-state index in [4.69, 9.17) is 4.74 Å². The van der Waals surface area contributed by atoms with Gasteiger partial charge in [0.1, 0.15) is 5.75 Å². The van der Waals surface area contributed by atoms with Gasteiger partial charge in [0.25, 0.3) is 0 Å². The van der Waals surface area contributed by atoms with Crippen molar-refractivity contribution in [2.24, 2.45) is 5.92 Å². The number of hydrogen-bond acceptors (Lipinski definition) is 4. The van der Waals surface area contributed by atoms with E-state index in [1.165, 1.54) is 54.0 Å². The van der Waals surface area contributed by atoms with Gasteiger partial charge in [0.2, 0.25) is 5.56 Å². The number of aryl methyl sites for hydroxylation is 2. The predicted octanol–water partition coefficient (Wildman–Crippen LogP) is 5.01. The number of aromatic amines is 1. The zero-order valence-electron chi connectivity index (χ0n) is 21.0. The zero-order chi connectivity index (χ0) is 24.4. The lowest BCUT2D eigenvalue weighted by atomic mass is 9.97. The smallest absolute Gasteiger partial charge is 0.248 e. The summed E-state index contributed by atoms with van der Waals surface area (Å²) in [6.45, 7) is 5.60. The van der Waals surface area contributed by atoms with Crippen LogP contribution in [0.15, 0.2) is 41.2 Å². The van der Waals surface area contributed by atoms with Crippen LogP contribution in [0.1, 0.15) is 73.5 Å². The number of rotatable bonds is 9. The number of benzene rings is 2. The SMILES string of the molecule is CCc1cc2c(cc1CC)CC(NC[C@@H](O)c1ccc(OCC3CCCC3)c3[nH]c(=O)ccc13)C2. The maximum Gasteiger partial charge on any atom is 0.248 e. The van der Waals surface area contributed by atoms with Crippen molar-refractivity contribution in [2.45, 2.75) is 77.4 Å². The summed E-state index contributed by atoms with van der Waals surface area (Å²) in [6.07, 6.45) is 8.44. The lowest BCUT2D eigenvalue weighted by Gasteiger charge is -2.19. The van der Waals surface area contributed by atoms with Crippen LogP contribution in [0.25, 0.3) is 10.9 Å². The first kappa shape index (κ1) is 24.1. The Morgan fingerprint density at radius 2 is 1.71 bits per heavy atom. The standard InChI is InChI=1S/C30H38N2O3/c1-3-20-13-22-15-24(16-23(22)14-21(20)4-2)31-17-27(33)25-9-11-28(35-18-19-7-5-6-8-19)30-26(25)10-12-29(34)32-30/h9-14,19,24,27,31,33H,3-8,15-18H2,1-2H3,(H,32,34)/t27-/m1/s1. The summed E-state index contributed by atoms with van der Waals surface area (Å²) in [7, 11) is 0. The molecule has 0 radical (unpaired) electrons. The first-order chi connectivity index (χ1) is 17.1. The van der Waals surface area contributed by atoms with Crippen LogP contribution in [0.3, 0.4) is 0 Å². The molecule has 1 saturated carbocycles. The fourth-order valence-electron chi connectivity index (χ4n) is 6.01. The molecule has 3 aromatic rings. The minimum absolute atomic E-state index is 0.158. The lowest BCUT2D eigenvalue weighted by Crippen LogP contribution is -2.33. The van der Waals surface area contributed by atoms with Crippen LogP contribution < -0.4 is 15.6 Å². The molecule has 1 atom stereocenters. The molecule has 5 rings (SSSR count). The average molecular weight is 475 g/mol. The normalized spacial score (nSPS) is 17.2. The largest absolute Gasteiger partial charge is 0.491 e. The van der Waals surface area contributed by atoms with Crippen LogP contribution in [0, 0.1) is 5.92 Å². The van der Waals surface area contributed by atoms with Gasteiger partial charge in [-0.1, -0.05) is 44.9 Å². The number of aliphatic hydroxyl groups excluding tert-OH is 1. The molecular weight excluding hydrogens is 436 g/mol. The Hall–Kier alpha value is -2.63. The average Bonchev–Trinajstić information content (AvgIpc) is 3.54. The summed E-state index contributed by atoms with van der Waals surface area (Å²) in [4.78, 5) is 15.0. The van der Waals surface area contributed by atoms with E-state index in [9.17, 15) is 9.90 Å². The van der Waals surface area contributed by atoms with E-state index < -0.39 is 6.10 Å². The van der Waals surface area contributed by atoms with Crippen LogP contribution in [-0.2, 0) is 25.7 Å². The highest BCUT2D eigenvalue weighted by Crippen LogP contribution is 2.32. The highest BCUT2D eigenvalue weighted by Gasteiger charge is 2.24. The zero-order valence-corrected chi connectivity index (χ0v) is 21.0. The molecule has 0 bridgehead atoms. The summed E-state index contributed by atoms with van der Waals surface area (Å²) in [6, 6.07) is 12.3. The molecule has 3 N–H and O–H groups in total. The Bertz CT molecular complexity index is 1210. The molecule has 2 aliphatic rings. The van der Waals surface area contributed by atoms with Crippen LogP contribution in [0.5, 0.6) is 5.75 Å². The Labute approximate surface area is 207 Å². The van der Waals surface area contributed by atoms with Crippen molar-refractivity contribution in [1.82, 2.24) is 10.3 Å². The Balaban J connectivity index is 1.28. The van der Waals surface area contributed by atoms with Crippen LogP contribution in [-0.4, -0.2) is 29.3 Å². The molecule has 2 aromatic carbocycles. The van der Waals surface area contributed by atoms with Gasteiger partial charge in [-0.25, -0.2) is 0 Å². The van der Waals surface area contributed by atoms with E-state index in [-0.39, 0.29) is 5.56 Å². The molecule has 1 aromatic heterocycles. The number of ether oxygens (including phenoxy) is 1. The van der Waals surface area contributed by atoms with Crippen LogP contribution in [0.4, 0.5) is 0 Å². The van der Waals surface area contributed by atoms with Gasteiger partial charge in [-0.3, -0.25) is 4.79 Å². The molecule has 5 heteroatoms.